The summed E-state index contributed by atoms with van der Waals surface area (Å²) in [4.78, 5) is 22.8. The maximum atomic E-state index is 11.9. The van der Waals surface area contributed by atoms with Crippen LogP contribution in [0.4, 0.5) is 5.69 Å². The van der Waals surface area contributed by atoms with Gasteiger partial charge in [-0.1, -0.05) is 0 Å². The van der Waals surface area contributed by atoms with Gasteiger partial charge >= 0.3 is 0 Å². The van der Waals surface area contributed by atoms with E-state index in [0.717, 1.165) is 0 Å². The summed E-state index contributed by atoms with van der Waals surface area (Å²) in [5, 5.41) is 2.74. The Morgan fingerprint density at radius 2 is 2.35 bits per heavy atom. The number of carbonyl (C=O) groups excluding carboxylic acids is 1. The minimum absolute atomic E-state index is 0.210. The van der Waals surface area contributed by atoms with Crippen LogP contribution in [0.1, 0.15) is 21.9 Å². The second-order valence-corrected chi connectivity index (χ2v) is 3.62. The highest BCUT2D eigenvalue weighted by atomic mass is 16.1. The van der Waals surface area contributed by atoms with E-state index in [2.05, 4.69) is 20.3 Å². The van der Waals surface area contributed by atoms with Gasteiger partial charge in [-0.25, -0.2) is 4.98 Å². The van der Waals surface area contributed by atoms with Crippen LogP contribution in [-0.2, 0) is 6.54 Å². The zero-order chi connectivity index (χ0) is 12.3. The Morgan fingerprint density at radius 1 is 1.53 bits per heavy atom. The number of carbonyl (C=O) groups is 1. The molecule has 2 aromatic heterocycles. The van der Waals surface area contributed by atoms with Crippen molar-refractivity contribution < 1.29 is 4.79 Å². The smallest absolute Gasteiger partial charge is 0.253 e. The summed E-state index contributed by atoms with van der Waals surface area (Å²) in [6, 6.07) is 1.61. The van der Waals surface area contributed by atoms with E-state index in [4.69, 9.17) is 5.73 Å². The summed E-state index contributed by atoms with van der Waals surface area (Å²) < 4.78 is 0. The molecule has 6 heteroatoms. The molecule has 1 amide bonds. The third-order valence-electron chi connectivity index (χ3n) is 2.32. The van der Waals surface area contributed by atoms with Crippen LogP contribution in [0.15, 0.2) is 24.7 Å². The number of H-pyrrole nitrogens is 1. The van der Waals surface area contributed by atoms with Crippen LogP contribution in [0.3, 0.4) is 0 Å². The molecule has 0 aliphatic heterocycles. The number of hydrogen-bond donors (Lipinski definition) is 3. The largest absolute Gasteiger partial charge is 0.397 e. The standard InChI is InChI=1S/C11H13N5O/c1-7-9(4-8(12)5-15-7)11(17)16-6-10-13-2-3-14-10/h2-5H,6,12H2,1H3,(H,13,14)(H,16,17). The molecule has 2 heterocycles. The van der Waals surface area contributed by atoms with E-state index in [1.807, 2.05) is 0 Å². The number of imidazole rings is 1. The number of aromatic amines is 1. The van der Waals surface area contributed by atoms with E-state index in [0.29, 0.717) is 29.3 Å². The van der Waals surface area contributed by atoms with Crippen LogP contribution in [0.5, 0.6) is 0 Å². The van der Waals surface area contributed by atoms with Gasteiger partial charge in [0.15, 0.2) is 0 Å². The highest BCUT2D eigenvalue weighted by Crippen LogP contribution is 2.09. The molecule has 0 bridgehead atoms. The predicted molar refractivity (Wildman–Crippen MR) is 63.1 cm³/mol. The summed E-state index contributed by atoms with van der Waals surface area (Å²) >= 11 is 0. The molecule has 0 saturated carbocycles. The topological polar surface area (TPSA) is 96.7 Å². The van der Waals surface area contributed by atoms with Crippen molar-refractivity contribution in [3.8, 4) is 0 Å². The van der Waals surface area contributed by atoms with Crippen LogP contribution >= 0.6 is 0 Å². The highest BCUT2D eigenvalue weighted by molar-refractivity contribution is 5.95. The summed E-state index contributed by atoms with van der Waals surface area (Å²) in [7, 11) is 0. The first-order valence-electron chi connectivity index (χ1n) is 5.15. The molecule has 0 saturated heterocycles. The molecule has 4 N–H and O–H groups in total. The Labute approximate surface area is 98.3 Å². The van der Waals surface area contributed by atoms with Crippen molar-refractivity contribution in [2.24, 2.45) is 0 Å². The minimum Gasteiger partial charge on any atom is -0.397 e. The predicted octanol–water partition coefficient (Wildman–Crippen LogP) is 0.625. The fraction of sp³-hybridized carbons (Fsp3) is 0.182. The molecule has 0 atom stereocenters. The molecule has 0 aliphatic rings. The number of aryl methyl sites for hydroxylation is 1. The Balaban J connectivity index is 2.07. The molecule has 0 fully saturated rings. The van der Waals surface area contributed by atoms with E-state index < -0.39 is 0 Å². The molecular weight excluding hydrogens is 218 g/mol. The molecule has 2 rings (SSSR count). The average Bonchev–Trinajstić information content (AvgIpc) is 2.82. The SMILES string of the molecule is Cc1ncc(N)cc1C(=O)NCc1ncc[nH]1. The number of anilines is 1. The van der Waals surface area contributed by atoms with Crippen molar-refractivity contribution in [2.75, 3.05) is 5.73 Å². The molecule has 0 aliphatic carbocycles. The lowest BCUT2D eigenvalue weighted by Gasteiger charge is -2.06. The molecular formula is C11H13N5O. The fourth-order valence-corrected chi connectivity index (χ4v) is 1.43. The zero-order valence-electron chi connectivity index (χ0n) is 9.40. The fourth-order valence-electron chi connectivity index (χ4n) is 1.43. The molecule has 0 spiro atoms. The number of aromatic nitrogens is 3. The third-order valence-corrected chi connectivity index (χ3v) is 2.32. The lowest BCUT2D eigenvalue weighted by molar-refractivity contribution is 0.0949. The van der Waals surface area contributed by atoms with Gasteiger partial charge in [-0.3, -0.25) is 9.78 Å². The molecule has 0 aromatic carbocycles. The molecule has 88 valence electrons. The van der Waals surface area contributed by atoms with Gasteiger partial charge < -0.3 is 16.0 Å². The van der Waals surface area contributed by atoms with Crippen LogP contribution in [-0.4, -0.2) is 20.9 Å². The minimum atomic E-state index is -0.210. The molecule has 2 aromatic rings. The van der Waals surface area contributed by atoms with Crippen molar-refractivity contribution in [3.63, 3.8) is 0 Å². The number of nitrogen functional groups attached to an aromatic ring is 1. The van der Waals surface area contributed by atoms with Crippen molar-refractivity contribution in [1.82, 2.24) is 20.3 Å². The number of amides is 1. The zero-order valence-corrected chi connectivity index (χ0v) is 9.40. The quantitative estimate of drug-likeness (QED) is 0.721. The number of hydrogen-bond acceptors (Lipinski definition) is 4. The van der Waals surface area contributed by atoms with E-state index in [1.165, 1.54) is 6.20 Å². The monoisotopic (exact) mass is 231 g/mol. The maximum Gasteiger partial charge on any atom is 0.253 e. The number of nitrogens with zero attached hydrogens (tertiary/aromatic N) is 2. The van der Waals surface area contributed by atoms with Crippen molar-refractivity contribution in [2.45, 2.75) is 13.5 Å². The van der Waals surface area contributed by atoms with Gasteiger partial charge in [-0.05, 0) is 13.0 Å². The van der Waals surface area contributed by atoms with Crippen molar-refractivity contribution >= 4 is 11.6 Å². The number of rotatable bonds is 3. The van der Waals surface area contributed by atoms with E-state index in [9.17, 15) is 4.79 Å². The van der Waals surface area contributed by atoms with E-state index in [-0.39, 0.29) is 5.91 Å². The van der Waals surface area contributed by atoms with Gasteiger partial charge in [-0.2, -0.15) is 0 Å². The molecule has 17 heavy (non-hydrogen) atoms. The normalized spacial score (nSPS) is 10.2. The summed E-state index contributed by atoms with van der Waals surface area (Å²) in [6.45, 7) is 2.11. The third kappa shape index (κ3) is 2.60. The van der Waals surface area contributed by atoms with Gasteiger partial charge in [-0.15, -0.1) is 0 Å². The Bertz CT molecular complexity index is 521. The van der Waals surface area contributed by atoms with Gasteiger partial charge in [0.25, 0.3) is 5.91 Å². The van der Waals surface area contributed by atoms with E-state index in [1.54, 1.807) is 25.4 Å². The second-order valence-electron chi connectivity index (χ2n) is 3.62. The number of pyridine rings is 1. The maximum absolute atomic E-state index is 11.9. The summed E-state index contributed by atoms with van der Waals surface area (Å²) in [5.74, 6) is 0.492. The Morgan fingerprint density at radius 3 is 3.06 bits per heavy atom. The van der Waals surface area contributed by atoms with Crippen LogP contribution in [0.25, 0.3) is 0 Å². The van der Waals surface area contributed by atoms with Gasteiger partial charge in [0.1, 0.15) is 5.82 Å². The number of nitrogens with one attached hydrogen (secondary N) is 2. The lowest BCUT2D eigenvalue weighted by Crippen LogP contribution is -2.24. The first-order chi connectivity index (χ1) is 8.16. The first kappa shape index (κ1) is 11.1. The first-order valence-corrected chi connectivity index (χ1v) is 5.15. The van der Waals surface area contributed by atoms with Gasteiger partial charge in [0, 0.05) is 12.4 Å². The van der Waals surface area contributed by atoms with Crippen LogP contribution < -0.4 is 11.1 Å². The van der Waals surface area contributed by atoms with Crippen LogP contribution in [0, 0.1) is 6.92 Å². The average molecular weight is 231 g/mol. The van der Waals surface area contributed by atoms with Gasteiger partial charge in [0.05, 0.1) is 29.7 Å². The summed E-state index contributed by atoms with van der Waals surface area (Å²) in [5.41, 5.74) is 7.20. The summed E-state index contributed by atoms with van der Waals surface area (Å²) in [6.07, 6.45) is 4.86. The van der Waals surface area contributed by atoms with Crippen molar-refractivity contribution in [1.29, 1.82) is 0 Å². The van der Waals surface area contributed by atoms with Crippen LogP contribution in [0.2, 0.25) is 0 Å². The molecule has 0 unspecified atom stereocenters. The van der Waals surface area contributed by atoms with Crippen molar-refractivity contribution in [3.05, 3.63) is 41.7 Å². The van der Waals surface area contributed by atoms with E-state index >= 15 is 0 Å². The molecule has 6 nitrogen and oxygen atoms in total. The Hall–Kier alpha value is -2.37. The second kappa shape index (κ2) is 4.65. The highest BCUT2D eigenvalue weighted by Gasteiger charge is 2.10. The molecule has 0 radical (unpaired) electrons. The van der Waals surface area contributed by atoms with Gasteiger partial charge in [0.2, 0.25) is 0 Å². The number of nitrogens with two attached hydrogens (primary N) is 1. The lowest BCUT2D eigenvalue weighted by atomic mass is 10.2. The Kier molecular flexibility index (Phi) is 3.04.